The normalized spacial score (nSPS) is 14.1. The number of rotatable bonds is 8. The number of amides is 2. The van der Waals surface area contributed by atoms with Gasteiger partial charge in [0.2, 0.25) is 5.82 Å². The number of aromatic nitrogens is 2. The van der Waals surface area contributed by atoms with Crippen molar-refractivity contribution < 1.29 is 27.6 Å². The lowest BCUT2D eigenvalue weighted by Gasteiger charge is -2.23. The molecule has 1 heterocycles. The van der Waals surface area contributed by atoms with Crippen molar-refractivity contribution in [1.29, 1.82) is 0 Å². The number of nitrogens with zero attached hydrogens (tertiary/aromatic N) is 3. The first-order chi connectivity index (χ1) is 13.4. The van der Waals surface area contributed by atoms with Crippen molar-refractivity contribution in [1.82, 2.24) is 20.4 Å². The minimum atomic E-state index is -4.68. The predicted molar refractivity (Wildman–Crippen MR) is 93.0 cm³/mol. The molecule has 0 bridgehead atoms. The van der Waals surface area contributed by atoms with E-state index in [-0.39, 0.29) is 24.5 Å². The topological polar surface area (TPSA) is 91.5 Å². The molecule has 0 unspecified atom stereocenters. The monoisotopic (exact) mass is 398 g/mol. The van der Waals surface area contributed by atoms with Gasteiger partial charge in [-0.25, -0.2) is 4.79 Å². The molecule has 1 aliphatic rings. The van der Waals surface area contributed by atoms with Crippen molar-refractivity contribution in [3.8, 4) is 11.4 Å². The Labute approximate surface area is 159 Å². The SMILES string of the molecule is O=C(NCCCCO)N(Cc1ccc(-c2noc(C(F)(F)F)n2)cc1)C1CC1. The highest BCUT2D eigenvalue weighted by Crippen LogP contribution is 2.30. The van der Waals surface area contributed by atoms with Crippen molar-refractivity contribution in [3.05, 3.63) is 35.7 Å². The first-order valence-corrected chi connectivity index (χ1v) is 9.04. The molecule has 1 aromatic heterocycles. The van der Waals surface area contributed by atoms with Crippen LogP contribution in [0.2, 0.25) is 0 Å². The molecule has 1 saturated carbocycles. The molecule has 1 aliphatic carbocycles. The van der Waals surface area contributed by atoms with Crippen LogP contribution >= 0.6 is 0 Å². The highest BCUT2D eigenvalue weighted by atomic mass is 19.4. The summed E-state index contributed by atoms with van der Waals surface area (Å²) in [6.45, 7) is 0.997. The molecule has 2 aromatic rings. The van der Waals surface area contributed by atoms with Gasteiger partial charge in [0.1, 0.15) is 0 Å². The molecule has 0 atom stereocenters. The van der Waals surface area contributed by atoms with E-state index in [1.54, 1.807) is 29.2 Å². The molecule has 28 heavy (non-hydrogen) atoms. The number of urea groups is 1. The van der Waals surface area contributed by atoms with Crippen molar-refractivity contribution in [2.24, 2.45) is 0 Å². The highest BCUT2D eigenvalue weighted by Gasteiger charge is 2.38. The second-order valence-electron chi connectivity index (χ2n) is 6.64. The molecule has 152 valence electrons. The van der Waals surface area contributed by atoms with E-state index in [2.05, 4.69) is 20.0 Å². The van der Waals surface area contributed by atoms with E-state index < -0.39 is 12.1 Å². The smallest absolute Gasteiger partial charge is 0.396 e. The minimum Gasteiger partial charge on any atom is -0.396 e. The zero-order valence-electron chi connectivity index (χ0n) is 15.1. The molecular formula is C18H21F3N4O3. The number of aliphatic hydroxyl groups is 1. The number of nitrogens with one attached hydrogen (secondary N) is 1. The van der Waals surface area contributed by atoms with Gasteiger partial charge in [0.15, 0.2) is 0 Å². The molecule has 1 fully saturated rings. The Balaban J connectivity index is 1.62. The van der Waals surface area contributed by atoms with Gasteiger partial charge >= 0.3 is 18.1 Å². The summed E-state index contributed by atoms with van der Waals surface area (Å²) in [6.07, 6.45) is -1.44. The van der Waals surface area contributed by atoms with Gasteiger partial charge in [0.25, 0.3) is 0 Å². The number of hydrogen-bond donors (Lipinski definition) is 2. The summed E-state index contributed by atoms with van der Waals surface area (Å²) in [5, 5.41) is 15.0. The lowest BCUT2D eigenvalue weighted by Crippen LogP contribution is -2.41. The van der Waals surface area contributed by atoms with Crippen LogP contribution < -0.4 is 5.32 Å². The van der Waals surface area contributed by atoms with Crippen LogP contribution in [0.3, 0.4) is 0 Å². The van der Waals surface area contributed by atoms with Crippen LogP contribution in [0.5, 0.6) is 0 Å². The second kappa shape index (κ2) is 8.59. The summed E-state index contributed by atoms with van der Waals surface area (Å²) < 4.78 is 41.9. The Morgan fingerprint density at radius 3 is 2.54 bits per heavy atom. The van der Waals surface area contributed by atoms with Crippen LogP contribution in [0.1, 0.15) is 37.1 Å². The maximum absolute atomic E-state index is 12.6. The van der Waals surface area contributed by atoms with E-state index in [9.17, 15) is 18.0 Å². The minimum absolute atomic E-state index is 0.0966. The fourth-order valence-electron chi connectivity index (χ4n) is 2.70. The van der Waals surface area contributed by atoms with Crippen LogP contribution in [0.4, 0.5) is 18.0 Å². The molecule has 0 radical (unpaired) electrons. The molecule has 10 heteroatoms. The van der Waals surface area contributed by atoms with Crippen LogP contribution in [-0.2, 0) is 12.7 Å². The van der Waals surface area contributed by atoms with Crippen molar-refractivity contribution >= 4 is 6.03 Å². The summed E-state index contributed by atoms with van der Waals surface area (Å²) >= 11 is 0. The largest absolute Gasteiger partial charge is 0.471 e. The highest BCUT2D eigenvalue weighted by molar-refractivity contribution is 5.75. The zero-order chi connectivity index (χ0) is 20.1. The van der Waals surface area contributed by atoms with Crippen molar-refractivity contribution in [2.75, 3.05) is 13.2 Å². The van der Waals surface area contributed by atoms with E-state index in [0.717, 1.165) is 18.4 Å². The van der Waals surface area contributed by atoms with E-state index in [1.165, 1.54) is 0 Å². The van der Waals surface area contributed by atoms with Gasteiger partial charge in [-0.1, -0.05) is 29.4 Å². The van der Waals surface area contributed by atoms with E-state index in [1.807, 2.05) is 0 Å². The van der Waals surface area contributed by atoms with Gasteiger partial charge < -0.3 is 19.8 Å². The number of carbonyl (C=O) groups is 1. The standard InChI is InChI=1S/C18H21F3N4O3/c19-18(20,21)16-23-15(24-28-16)13-5-3-12(4-6-13)11-25(14-7-8-14)17(27)22-9-1-2-10-26/h3-6,14,26H,1-2,7-11H2,(H,22,27). The van der Waals surface area contributed by atoms with Crippen molar-refractivity contribution in [3.63, 3.8) is 0 Å². The summed E-state index contributed by atoms with van der Waals surface area (Å²) in [4.78, 5) is 17.5. The Morgan fingerprint density at radius 2 is 1.96 bits per heavy atom. The molecule has 0 saturated heterocycles. The molecule has 2 N–H and O–H groups in total. The quantitative estimate of drug-likeness (QED) is 0.667. The second-order valence-corrected chi connectivity index (χ2v) is 6.64. The third-order valence-corrected chi connectivity index (χ3v) is 4.34. The molecule has 7 nitrogen and oxygen atoms in total. The number of unbranched alkanes of at least 4 members (excludes halogenated alkanes) is 1. The average Bonchev–Trinajstić information content (AvgIpc) is 3.37. The predicted octanol–water partition coefficient (Wildman–Crippen LogP) is 3.20. The maximum Gasteiger partial charge on any atom is 0.471 e. The number of hydrogen-bond acceptors (Lipinski definition) is 5. The van der Waals surface area contributed by atoms with Gasteiger partial charge in [-0.15, -0.1) is 0 Å². The molecule has 0 aliphatic heterocycles. The van der Waals surface area contributed by atoms with Crippen LogP contribution in [0, 0.1) is 0 Å². The summed E-state index contributed by atoms with van der Waals surface area (Å²) in [7, 11) is 0. The molecule has 1 aromatic carbocycles. The fourth-order valence-corrected chi connectivity index (χ4v) is 2.70. The summed E-state index contributed by atoms with van der Waals surface area (Å²) in [5.41, 5.74) is 1.25. The van der Waals surface area contributed by atoms with E-state index in [4.69, 9.17) is 5.11 Å². The fraction of sp³-hybridized carbons (Fsp3) is 0.500. The Hall–Kier alpha value is -2.62. The molecule has 3 rings (SSSR count). The first-order valence-electron chi connectivity index (χ1n) is 9.04. The first kappa shape index (κ1) is 20.1. The average molecular weight is 398 g/mol. The zero-order valence-corrected chi connectivity index (χ0v) is 15.1. The third-order valence-electron chi connectivity index (χ3n) is 4.34. The number of halogens is 3. The summed E-state index contributed by atoms with van der Waals surface area (Å²) in [6, 6.07) is 6.71. The molecular weight excluding hydrogens is 377 g/mol. The molecule has 2 amide bonds. The Bertz CT molecular complexity index is 788. The van der Waals surface area contributed by atoms with Gasteiger partial charge in [-0.05, 0) is 31.2 Å². The Kier molecular flexibility index (Phi) is 6.18. The number of benzene rings is 1. The lowest BCUT2D eigenvalue weighted by atomic mass is 10.1. The lowest BCUT2D eigenvalue weighted by molar-refractivity contribution is -0.159. The van der Waals surface area contributed by atoms with Crippen molar-refractivity contribution in [2.45, 2.75) is 44.4 Å². The van der Waals surface area contributed by atoms with Crippen LogP contribution in [0.25, 0.3) is 11.4 Å². The van der Waals surface area contributed by atoms with Gasteiger partial charge in [-0.3, -0.25) is 0 Å². The number of aliphatic hydroxyl groups excluding tert-OH is 1. The molecule has 0 spiro atoms. The third kappa shape index (κ3) is 5.22. The van der Waals surface area contributed by atoms with Gasteiger partial charge in [-0.2, -0.15) is 18.2 Å². The van der Waals surface area contributed by atoms with Gasteiger partial charge in [0, 0.05) is 31.3 Å². The Morgan fingerprint density at radius 1 is 1.25 bits per heavy atom. The van der Waals surface area contributed by atoms with Crippen LogP contribution in [0.15, 0.2) is 28.8 Å². The summed E-state index contributed by atoms with van der Waals surface area (Å²) in [5.74, 6) is -1.52. The number of carbonyl (C=O) groups excluding carboxylic acids is 1. The maximum atomic E-state index is 12.6. The van der Waals surface area contributed by atoms with E-state index >= 15 is 0 Å². The van der Waals surface area contributed by atoms with E-state index in [0.29, 0.717) is 31.5 Å². The van der Waals surface area contributed by atoms with Crippen LogP contribution in [-0.4, -0.2) is 45.4 Å². The number of alkyl halides is 3. The van der Waals surface area contributed by atoms with Gasteiger partial charge in [0.05, 0.1) is 0 Å².